The summed E-state index contributed by atoms with van der Waals surface area (Å²) in [5.74, 6) is 0.387. The molecule has 1 spiro atoms. The topological polar surface area (TPSA) is 108 Å². The van der Waals surface area contributed by atoms with Crippen LogP contribution in [0.15, 0.2) is 35.7 Å². The van der Waals surface area contributed by atoms with Crippen molar-refractivity contribution < 1.29 is 4.92 Å². The Labute approximate surface area is 128 Å². The molecule has 0 unspecified atom stereocenters. The fourth-order valence-corrected chi connectivity index (χ4v) is 3.30. The zero-order valence-corrected chi connectivity index (χ0v) is 12.1. The van der Waals surface area contributed by atoms with E-state index in [0.717, 1.165) is 25.7 Å². The Balaban J connectivity index is 1.94. The summed E-state index contributed by atoms with van der Waals surface area (Å²) < 4.78 is 0. The molecule has 3 N–H and O–H groups in total. The number of nitro groups is 1. The second-order valence-corrected chi connectivity index (χ2v) is 5.74. The number of hydrogen-bond acceptors (Lipinski definition) is 6. The van der Waals surface area contributed by atoms with Crippen molar-refractivity contribution in [3.05, 3.63) is 45.8 Å². The van der Waals surface area contributed by atoms with Crippen LogP contribution in [0.1, 0.15) is 32.1 Å². The summed E-state index contributed by atoms with van der Waals surface area (Å²) in [6, 6.07) is 8.38. The highest BCUT2D eigenvalue weighted by atomic mass is 16.6. The third-order valence-corrected chi connectivity index (χ3v) is 4.44. The van der Waals surface area contributed by atoms with Crippen molar-refractivity contribution in [1.29, 1.82) is 5.26 Å². The molecule has 2 aliphatic rings. The highest BCUT2D eigenvalue weighted by molar-refractivity contribution is 5.60. The van der Waals surface area contributed by atoms with Crippen LogP contribution in [0.4, 0.5) is 11.4 Å². The fraction of sp³-hybridized carbons (Fsp3) is 0.400. The van der Waals surface area contributed by atoms with Crippen LogP contribution in [0.5, 0.6) is 0 Å². The van der Waals surface area contributed by atoms with Crippen molar-refractivity contribution in [2.75, 3.05) is 5.01 Å². The summed E-state index contributed by atoms with van der Waals surface area (Å²) in [6.45, 7) is 0. The first-order valence-corrected chi connectivity index (χ1v) is 7.30. The van der Waals surface area contributed by atoms with Crippen molar-refractivity contribution in [1.82, 2.24) is 5.43 Å². The molecule has 0 aromatic heterocycles. The summed E-state index contributed by atoms with van der Waals surface area (Å²) in [5, 5.41) is 21.9. The van der Waals surface area contributed by atoms with Crippen LogP contribution in [-0.4, -0.2) is 10.5 Å². The normalized spacial score (nSPS) is 20.2. The largest absolute Gasteiger partial charge is 0.383 e. The number of nitriles is 1. The molecule has 3 rings (SSSR count). The summed E-state index contributed by atoms with van der Waals surface area (Å²) in [5.41, 5.74) is 10.4. The molecule has 22 heavy (non-hydrogen) atoms. The number of hydrogen-bond donors (Lipinski definition) is 2. The first kappa shape index (κ1) is 14.4. The molecule has 0 amide bonds. The van der Waals surface area contributed by atoms with Crippen LogP contribution in [0, 0.1) is 21.4 Å². The van der Waals surface area contributed by atoms with Gasteiger partial charge >= 0.3 is 0 Å². The molecular formula is C15H17N5O2. The van der Waals surface area contributed by atoms with Gasteiger partial charge in [-0.25, -0.2) is 5.43 Å². The van der Waals surface area contributed by atoms with E-state index < -0.39 is 10.5 Å². The molecule has 1 aliphatic carbocycles. The smallest absolute Gasteiger partial charge is 0.269 e. The van der Waals surface area contributed by atoms with Gasteiger partial charge in [-0.1, -0.05) is 19.3 Å². The minimum Gasteiger partial charge on any atom is -0.383 e. The van der Waals surface area contributed by atoms with Crippen LogP contribution < -0.4 is 16.2 Å². The Hall–Kier alpha value is -2.59. The van der Waals surface area contributed by atoms with Crippen LogP contribution in [-0.2, 0) is 0 Å². The number of nitro benzene ring substituents is 1. The summed E-state index contributed by atoms with van der Waals surface area (Å²) in [7, 11) is 0. The Morgan fingerprint density at radius 1 is 1.27 bits per heavy atom. The number of non-ortho nitro benzene ring substituents is 1. The van der Waals surface area contributed by atoms with Gasteiger partial charge in [-0.05, 0) is 25.0 Å². The minimum atomic E-state index is -0.441. The van der Waals surface area contributed by atoms with Crippen molar-refractivity contribution in [2.45, 2.75) is 37.6 Å². The van der Waals surface area contributed by atoms with Crippen LogP contribution >= 0.6 is 0 Å². The number of rotatable bonds is 2. The van der Waals surface area contributed by atoms with E-state index in [1.54, 1.807) is 17.1 Å². The fourth-order valence-electron chi connectivity index (χ4n) is 3.30. The molecule has 114 valence electrons. The maximum Gasteiger partial charge on any atom is 0.269 e. The minimum absolute atomic E-state index is 0.0263. The molecule has 7 nitrogen and oxygen atoms in total. The standard InChI is InChI=1S/C15H17N5O2/c16-10-13-14(17)19(18-15(13)8-2-1-3-9-15)11-4-6-12(7-5-11)20(21)22/h4-7,18H,1-3,8-9,17H2. The van der Waals surface area contributed by atoms with Crippen LogP contribution in [0.2, 0.25) is 0 Å². The average molecular weight is 299 g/mol. The Morgan fingerprint density at radius 3 is 2.45 bits per heavy atom. The van der Waals surface area contributed by atoms with Crippen LogP contribution in [0.25, 0.3) is 0 Å². The Bertz CT molecular complexity index is 668. The van der Waals surface area contributed by atoms with Crippen molar-refractivity contribution in [2.24, 2.45) is 5.73 Å². The maximum atomic E-state index is 10.7. The van der Waals surface area contributed by atoms with E-state index in [-0.39, 0.29) is 5.69 Å². The summed E-state index contributed by atoms with van der Waals surface area (Å²) in [4.78, 5) is 10.3. The van der Waals surface area contributed by atoms with E-state index >= 15 is 0 Å². The third-order valence-electron chi connectivity index (χ3n) is 4.44. The molecule has 0 saturated heterocycles. The van der Waals surface area contributed by atoms with Gasteiger partial charge in [-0.2, -0.15) is 5.26 Å². The Kier molecular flexibility index (Phi) is 3.47. The molecule has 0 radical (unpaired) electrons. The maximum absolute atomic E-state index is 10.7. The van der Waals surface area contributed by atoms with E-state index in [1.165, 1.54) is 18.6 Å². The Morgan fingerprint density at radius 2 is 1.91 bits per heavy atom. The molecule has 1 saturated carbocycles. The van der Waals surface area contributed by atoms with Crippen LogP contribution in [0.3, 0.4) is 0 Å². The average Bonchev–Trinajstić information content (AvgIpc) is 2.80. The van der Waals surface area contributed by atoms with Crippen molar-refractivity contribution >= 4 is 11.4 Å². The monoisotopic (exact) mass is 299 g/mol. The highest BCUT2D eigenvalue weighted by Gasteiger charge is 2.45. The lowest BCUT2D eigenvalue weighted by Crippen LogP contribution is -2.50. The molecule has 0 bridgehead atoms. The summed E-state index contributed by atoms with van der Waals surface area (Å²) in [6.07, 6.45) is 5.03. The predicted molar refractivity (Wildman–Crippen MR) is 81.4 cm³/mol. The number of nitrogens with one attached hydrogen (secondary N) is 1. The van der Waals surface area contributed by atoms with Gasteiger partial charge in [0, 0.05) is 12.1 Å². The number of hydrazine groups is 1. The molecular weight excluding hydrogens is 282 g/mol. The second-order valence-electron chi connectivity index (χ2n) is 5.74. The lowest BCUT2D eigenvalue weighted by Gasteiger charge is -2.35. The SMILES string of the molecule is N#CC1=C(N)N(c2ccc([N+](=O)[O-])cc2)NC12CCCCC2. The van der Waals surface area contributed by atoms with E-state index in [1.807, 2.05) is 0 Å². The van der Waals surface area contributed by atoms with Gasteiger partial charge in [0.15, 0.2) is 0 Å². The first-order chi connectivity index (χ1) is 10.6. The quantitative estimate of drug-likeness (QED) is 0.641. The molecule has 7 heteroatoms. The zero-order valence-electron chi connectivity index (χ0n) is 12.1. The molecule has 1 aromatic rings. The zero-order chi connectivity index (χ0) is 15.7. The van der Waals surface area contributed by atoms with Gasteiger partial charge in [0.25, 0.3) is 5.69 Å². The van der Waals surface area contributed by atoms with Crippen molar-refractivity contribution in [3.63, 3.8) is 0 Å². The van der Waals surface area contributed by atoms with Gasteiger partial charge in [-0.15, -0.1) is 0 Å². The summed E-state index contributed by atoms with van der Waals surface area (Å²) >= 11 is 0. The van der Waals surface area contributed by atoms with E-state index in [4.69, 9.17) is 5.73 Å². The first-order valence-electron chi connectivity index (χ1n) is 7.30. The number of anilines is 1. The van der Waals surface area contributed by atoms with E-state index in [0.29, 0.717) is 17.1 Å². The highest BCUT2D eigenvalue weighted by Crippen LogP contribution is 2.40. The molecule has 1 fully saturated rings. The van der Waals surface area contributed by atoms with Crippen molar-refractivity contribution in [3.8, 4) is 6.07 Å². The van der Waals surface area contributed by atoms with E-state index in [9.17, 15) is 15.4 Å². The molecule has 1 aromatic carbocycles. The lowest BCUT2D eigenvalue weighted by atomic mass is 9.78. The van der Waals surface area contributed by atoms with E-state index in [2.05, 4.69) is 11.5 Å². The molecule has 0 atom stereocenters. The van der Waals surface area contributed by atoms with Gasteiger partial charge in [0.05, 0.1) is 21.7 Å². The van der Waals surface area contributed by atoms with Gasteiger partial charge in [0.1, 0.15) is 11.9 Å². The number of nitrogens with zero attached hydrogens (tertiary/aromatic N) is 3. The third kappa shape index (κ3) is 2.18. The van der Waals surface area contributed by atoms with Gasteiger partial charge in [0.2, 0.25) is 0 Å². The van der Waals surface area contributed by atoms with Gasteiger partial charge in [-0.3, -0.25) is 15.1 Å². The number of nitrogens with two attached hydrogens (primary N) is 1. The second kappa shape index (κ2) is 5.31. The number of benzene rings is 1. The lowest BCUT2D eigenvalue weighted by molar-refractivity contribution is -0.384. The van der Waals surface area contributed by atoms with Gasteiger partial charge < -0.3 is 5.73 Å². The molecule has 1 heterocycles. The predicted octanol–water partition coefficient (Wildman–Crippen LogP) is 2.32. The molecule has 1 aliphatic heterocycles.